The van der Waals surface area contributed by atoms with E-state index in [1.165, 1.54) is 0 Å². The van der Waals surface area contributed by atoms with E-state index in [9.17, 15) is 4.79 Å². The summed E-state index contributed by atoms with van der Waals surface area (Å²) in [5.74, 6) is 1.43. The highest BCUT2D eigenvalue weighted by Gasteiger charge is 2.19. The number of nitrogens with zero attached hydrogens (tertiary/aromatic N) is 3. The van der Waals surface area contributed by atoms with Crippen LogP contribution in [0.2, 0.25) is 0 Å². The summed E-state index contributed by atoms with van der Waals surface area (Å²) in [5, 5.41) is 4.10. The van der Waals surface area contributed by atoms with Crippen molar-refractivity contribution in [3.63, 3.8) is 0 Å². The Morgan fingerprint density at radius 3 is 2.46 bits per heavy atom. The molecule has 1 N–H and O–H groups in total. The normalized spacial score (nSPS) is 14.4. The van der Waals surface area contributed by atoms with Gasteiger partial charge in [0.05, 0.1) is 31.4 Å². The van der Waals surface area contributed by atoms with Crippen LogP contribution in [0.4, 0.5) is 11.4 Å². The second-order valence-electron chi connectivity index (χ2n) is 9.19. The molecule has 1 aromatic heterocycles. The molecule has 1 saturated heterocycles. The minimum atomic E-state index is -0.00611. The highest BCUT2D eigenvalue weighted by molar-refractivity contribution is 5.83. The molecule has 1 aliphatic heterocycles. The summed E-state index contributed by atoms with van der Waals surface area (Å²) in [6.45, 7) is 7.28. The average Bonchev–Trinajstić information content (AvgIpc) is 2.89. The van der Waals surface area contributed by atoms with E-state index in [4.69, 9.17) is 14.2 Å². The lowest BCUT2D eigenvalue weighted by Gasteiger charge is -2.27. The Balaban J connectivity index is 1.74. The van der Waals surface area contributed by atoms with Gasteiger partial charge in [-0.05, 0) is 44.0 Å². The van der Waals surface area contributed by atoms with Gasteiger partial charge in [-0.25, -0.2) is 4.98 Å². The lowest BCUT2D eigenvalue weighted by Crippen LogP contribution is -2.30. The highest BCUT2D eigenvalue weighted by atomic mass is 16.5. The molecule has 8 heteroatoms. The number of methoxy groups -OCH3 is 2. The van der Waals surface area contributed by atoms with Crippen LogP contribution in [0, 0.1) is 0 Å². The lowest BCUT2D eigenvalue weighted by atomic mass is 10.1. The van der Waals surface area contributed by atoms with Crippen molar-refractivity contribution >= 4 is 22.3 Å². The number of fused-ring (bicyclic) bond motifs is 1. The minimum Gasteiger partial charge on any atom is -0.497 e. The molecule has 0 aliphatic carbocycles. The molecule has 0 unspecified atom stereocenters. The number of benzene rings is 2. The summed E-state index contributed by atoms with van der Waals surface area (Å²) < 4.78 is 18.3. The van der Waals surface area contributed by atoms with E-state index < -0.39 is 0 Å². The third-order valence-corrected chi connectivity index (χ3v) is 6.42. The van der Waals surface area contributed by atoms with Gasteiger partial charge in [0.25, 0.3) is 5.56 Å². The third-order valence-electron chi connectivity index (χ3n) is 6.42. The number of nitrogens with one attached hydrogen (secondary N) is 1. The third kappa shape index (κ3) is 5.94. The summed E-state index contributed by atoms with van der Waals surface area (Å²) in [5.41, 5.74) is 2.57. The molecule has 1 fully saturated rings. The molecule has 0 bridgehead atoms. The van der Waals surface area contributed by atoms with E-state index in [1.54, 1.807) is 25.1 Å². The van der Waals surface area contributed by atoms with Gasteiger partial charge in [-0.15, -0.1) is 0 Å². The van der Waals surface area contributed by atoms with Gasteiger partial charge in [0.15, 0.2) is 0 Å². The first-order valence-electron chi connectivity index (χ1n) is 12.3. The predicted molar refractivity (Wildman–Crippen MR) is 139 cm³/mol. The molecule has 8 nitrogen and oxygen atoms in total. The molecule has 3 aromatic rings. The largest absolute Gasteiger partial charge is 0.497 e. The second kappa shape index (κ2) is 11.6. The van der Waals surface area contributed by atoms with Crippen molar-refractivity contribution in [1.82, 2.24) is 14.9 Å². The Morgan fingerprint density at radius 2 is 1.80 bits per heavy atom. The zero-order valence-electron chi connectivity index (χ0n) is 21.1. The smallest absolute Gasteiger partial charge is 0.261 e. The zero-order valence-corrected chi connectivity index (χ0v) is 21.1. The molecule has 0 amide bonds. The number of hydrogen-bond donors (Lipinski definition) is 1. The number of rotatable bonds is 10. The second-order valence-corrected chi connectivity index (χ2v) is 9.19. The van der Waals surface area contributed by atoms with Crippen LogP contribution in [0.5, 0.6) is 11.5 Å². The standard InChI is InChI=1S/C27H36N4O4/c1-19(2)28-10-5-11-30(22-14-23(33-3)17-24(15-22)34-4)21-6-7-26-25(16-21)27(32)31(18-29-26)20-8-12-35-13-9-20/h6-7,14-20,28H,5,8-13H2,1-4H3. The van der Waals surface area contributed by atoms with E-state index in [-0.39, 0.29) is 11.6 Å². The molecule has 188 valence electrons. The van der Waals surface area contributed by atoms with Crippen LogP contribution in [0.15, 0.2) is 47.5 Å². The van der Waals surface area contributed by atoms with Crippen molar-refractivity contribution in [3.05, 3.63) is 53.1 Å². The van der Waals surface area contributed by atoms with E-state index >= 15 is 0 Å². The Bertz CT molecular complexity index is 1170. The molecular weight excluding hydrogens is 444 g/mol. The Morgan fingerprint density at radius 1 is 1.09 bits per heavy atom. The van der Waals surface area contributed by atoms with Gasteiger partial charge in [0, 0.05) is 61.4 Å². The van der Waals surface area contributed by atoms with Gasteiger partial charge in [-0.3, -0.25) is 9.36 Å². The summed E-state index contributed by atoms with van der Waals surface area (Å²) in [6, 6.07) is 12.3. The maximum absolute atomic E-state index is 13.5. The van der Waals surface area contributed by atoms with Gasteiger partial charge >= 0.3 is 0 Å². The van der Waals surface area contributed by atoms with E-state index in [0.29, 0.717) is 41.7 Å². The first-order chi connectivity index (χ1) is 17.0. The molecule has 4 rings (SSSR count). The number of hydrogen-bond acceptors (Lipinski definition) is 7. The maximum Gasteiger partial charge on any atom is 0.261 e. The van der Waals surface area contributed by atoms with Crippen molar-refractivity contribution in [3.8, 4) is 11.5 Å². The van der Waals surface area contributed by atoms with Crippen molar-refractivity contribution in [1.29, 1.82) is 0 Å². The van der Waals surface area contributed by atoms with Crippen molar-refractivity contribution in [2.45, 2.75) is 45.2 Å². The van der Waals surface area contributed by atoms with Crippen molar-refractivity contribution < 1.29 is 14.2 Å². The van der Waals surface area contributed by atoms with Crippen LogP contribution in [0.3, 0.4) is 0 Å². The van der Waals surface area contributed by atoms with E-state index in [0.717, 1.165) is 43.7 Å². The molecule has 2 aromatic carbocycles. The first kappa shape index (κ1) is 25.0. The van der Waals surface area contributed by atoms with Crippen LogP contribution >= 0.6 is 0 Å². The van der Waals surface area contributed by atoms with Gasteiger partial charge in [0.2, 0.25) is 0 Å². The summed E-state index contributed by atoms with van der Waals surface area (Å²) >= 11 is 0. The summed E-state index contributed by atoms with van der Waals surface area (Å²) in [7, 11) is 3.30. The fraction of sp³-hybridized carbons (Fsp3) is 0.481. The van der Waals surface area contributed by atoms with Crippen molar-refractivity contribution in [2.24, 2.45) is 0 Å². The molecule has 2 heterocycles. The highest BCUT2D eigenvalue weighted by Crippen LogP contribution is 2.34. The van der Waals surface area contributed by atoms with E-state index in [2.05, 4.69) is 29.0 Å². The van der Waals surface area contributed by atoms with Gasteiger partial charge in [-0.2, -0.15) is 0 Å². The SMILES string of the molecule is COc1cc(OC)cc(N(CCCNC(C)C)c2ccc3ncn(C4CCOCC4)c(=O)c3c2)c1. The number of ether oxygens (including phenoxy) is 3. The zero-order chi connectivity index (χ0) is 24.8. The molecular formula is C27H36N4O4. The monoisotopic (exact) mass is 480 g/mol. The van der Waals surface area contributed by atoms with Crippen LogP contribution in [-0.2, 0) is 4.74 Å². The first-order valence-corrected chi connectivity index (χ1v) is 12.3. The Kier molecular flexibility index (Phi) is 8.25. The number of anilines is 2. The van der Waals surface area contributed by atoms with Gasteiger partial charge in [-0.1, -0.05) is 13.8 Å². The van der Waals surface area contributed by atoms with Crippen molar-refractivity contribution in [2.75, 3.05) is 45.4 Å². The van der Waals surface area contributed by atoms with Crippen LogP contribution < -0.4 is 25.2 Å². The quantitative estimate of drug-likeness (QED) is 0.434. The fourth-order valence-corrected chi connectivity index (χ4v) is 4.50. The predicted octanol–water partition coefficient (Wildman–Crippen LogP) is 4.29. The number of aromatic nitrogens is 2. The molecule has 0 spiro atoms. The minimum absolute atomic E-state index is 0.00611. The summed E-state index contributed by atoms with van der Waals surface area (Å²) in [6.07, 6.45) is 4.26. The summed E-state index contributed by atoms with van der Waals surface area (Å²) in [4.78, 5) is 20.3. The van der Waals surface area contributed by atoms with Crippen LogP contribution in [0.1, 0.15) is 39.2 Å². The van der Waals surface area contributed by atoms with E-state index in [1.807, 2.05) is 36.4 Å². The fourth-order valence-electron chi connectivity index (χ4n) is 4.50. The van der Waals surface area contributed by atoms with Gasteiger partial charge in [0.1, 0.15) is 11.5 Å². The maximum atomic E-state index is 13.5. The average molecular weight is 481 g/mol. The topological polar surface area (TPSA) is 77.8 Å². The molecule has 35 heavy (non-hydrogen) atoms. The molecule has 0 radical (unpaired) electrons. The molecule has 0 saturated carbocycles. The van der Waals surface area contributed by atoms with Crippen LogP contribution in [0.25, 0.3) is 10.9 Å². The van der Waals surface area contributed by atoms with Gasteiger partial charge < -0.3 is 24.4 Å². The molecule has 1 aliphatic rings. The molecule has 0 atom stereocenters. The lowest BCUT2D eigenvalue weighted by molar-refractivity contribution is 0.0685. The Labute approximate surface area is 206 Å². The van der Waals surface area contributed by atoms with Crippen LogP contribution in [-0.4, -0.2) is 56.1 Å². The Hall–Kier alpha value is -3.10.